The zero-order chi connectivity index (χ0) is 45.1. The van der Waals surface area contributed by atoms with Crippen molar-refractivity contribution in [3.05, 3.63) is 126 Å². The summed E-state index contributed by atoms with van der Waals surface area (Å²) in [7, 11) is 1.68. The predicted octanol–water partition coefficient (Wildman–Crippen LogP) is 10.7. The zero-order valence-corrected chi connectivity index (χ0v) is 37.8. The largest absolute Gasteiger partial charge is 0.494 e. The maximum Gasteiger partial charge on any atom is 0.330 e. The van der Waals surface area contributed by atoms with E-state index in [1.54, 1.807) is 19.2 Å². The van der Waals surface area contributed by atoms with Gasteiger partial charge in [0.25, 0.3) is 0 Å². The van der Waals surface area contributed by atoms with Crippen LogP contribution in [0, 0.1) is 11.8 Å². The fourth-order valence-electron chi connectivity index (χ4n) is 8.94. The van der Waals surface area contributed by atoms with Crippen LogP contribution in [-0.4, -0.2) is 83.3 Å². The van der Waals surface area contributed by atoms with Crippen molar-refractivity contribution < 1.29 is 42.7 Å². The van der Waals surface area contributed by atoms with Crippen molar-refractivity contribution in [2.45, 2.75) is 89.1 Å². The molecule has 2 saturated carbocycles. The average molecular weight is 885 g/mol. The molecule has 0 aliphatic heterocycles. The van der Waals surface area contributed by atoms with E-state index in [-0.39, 0.29) is 24.0 Å². The summed E-state index contributed by atoms with van der Waals surface area (Å²) in [5.74, 6) is 2.06. The highest BCUT2D eigenvalue weighted by Crippen LogP contribution is 2.38. The molecule has 3 aliphatic rings. The van der Waals surface area contributed by atoms with E-state index in [9.17, 15) is 9.59 Å². The Morgan fingerprint density at radius 3 is 2.03 bits per heavy atom. The van der Waals surface area contributed by atoms with Gasteiger partial charge in [-0.3, -0.25) is 4.79 Å². The molecule has 0 aromatic heterocycles. The van der Waals surface area contributed by atoms with Gasteiger partial charge in [-0.15, -0.1) is 5.10 Å². The highest BCUT2D eigenvalue weighted by Gasteiger charge is 2.29. The molecule has 0 atom stereocenters. The van der Waals surface area contributed by atoms with Crippen LogP contribution < -0.4 is 14.2 Å². The number of rotatable bonds is 24. The van der Waals surface area contributed by atoms with Crippen LogP contribution in [0.2, 0.25) is 0 Å². The highest BCUT2D eigenvalue weighted by atomic mass is 16.5. The summed E-state index contributed by atoms with van der Waals surface area (Å²) in [6.07, 6.45) is 14.3. The van der Waals surface area contributed by atoms with Crippen molar-refractivity contribution in [2.24, 2.45) is 22.0 Å². The van der Waals surface area contributed by atoms with Crippen LogP contribution in [0.15, 0.2) is 114 Å². The van der Waals surface area contributed by atoms with E-state index in [1.807, 2.05) is 30.5 Å². The molecule has 0 saturated heterocycles. The molecule has 11 nitrogen and oxygen atoms in total. The van der Waals surface area contributed by atoms with Crippen molar-refractivity contribution >= 4 is 23.9 Å². The third kappa shape index (κ3) is 13.9. The first-order valence-electron chi connectivity index (χ1n) is 23.5. The molecule has 344 valence electrons. The lowest BCUT2D eigenvalue weighted by atomic mass is 9.82. The molecule has 4 aromatic carbocycles. The molecule has 0 spiro atoms. The first-order chi connectivity index (χ1) is 32.0. The van der Waals surface area contributed by atoms with Gasteiger partial charge in [-0.05, 0) is 142 Å². The second-order valence-corrected chi connectivity index (χ2v) is 17.1. The maximum absolute atomic E-state index is 13.2. The summed E-state index contributed by atoms with van der Waals surface area (Å²) in [4.78, 5) is 24.3. The highest BCUT2D eigenvalue weighted by molar-refractivity contribution is 6.24. The number of fused-ring (bicyclic) bond motifs is 3. The fourth-order valence-corrected chi connectivity index (χ4v) is 8.94. The van der Waals surface area contributed by atoms with Crippen LogP contribution in [0.1, 0.15) is 105 Å². The maximum atomic E-state index is 13.2. The summed E-state index contributed by atoms with van der Waals surface area (Å²) >= 11 is 0. The number of carbonyl (C=O) groups excluding carboxylic acids is 2. The number of carbonyl (C=O) groups is 2. The molecule has 2 fully saturated rings. The molecular weight excluding hydrogens is 821 g/mol. The first-order valence-corrected chi connectivity index (χ1v) is 23.5. The van der Waals surface area contributed by atoms with Crippen LogP contribution in [-0.2, 0) is 28.5 Å². The van der Waals surface area contributed by atoms with Crippen molar-refractivity contribution in [3.63, 3.8) is 0 Å². The number of benzene rings is 4. The molecule has 0 radical (unpaired) electrons. The zero-order valence-electron chi connectivity index (χ0n) is 37.8. The Balaban J connectivity index is 0.906. The molecule has 0 amide bonds. The number of ether oxygens (including phenoxy) is 7. The monoisotopic (exact) mass is 884 g/mol. The van der Waals surface area contributed by atoms with E-state index in [1.165, 1.54) is 22.8 Å². The Morgan fingerprint density at radius 2 is 1.34 bits per heavy atom. The van der Waals surface area contributed by atoms with Crippen LogP contribution >= 0.6 is 0 Å². The Morgan fingerprint density at radius 1 is 0.677 bits per heavy atom. The standard InChI is InChI=1S/C54H64N2O9/c1-3-52(57)63-31-11-5-4-10-30-61-45-25-27-46(28-26-45)65-54(58)41-18-16-39(17-19-41)38-64-51-29-22-42(40-20-23-44(24-21-40)62-35-34-60-33-32-59-2)36-43(51)37-55-56-53-49-14-8-6-12-47(49)48-13-7-9-15-50(48)53/h3,6-9,12-15,22,25-29,36-37,39-41,44H,1,4-5,10-11,16-21,23-24,30-35,38H2,2H3/b55-37+. The SMILES string of the molecule is C=CC(=O)OCCCCCCOc1ccc(OC(=O)C2CCC(COc3ccc(C4CCC(OCCOCCOC)CC4)cc3/C=N/N=C3c4ccccc4-c4ccccc43)CC2)cc1. The van der Waals surface area contributed by atoms with E-state index in [2.05, 4.69) is 61.2 Å². The molecule has 7 rings (SSSR count). The minimum atomic E-state index is -0.385. The quantitative estimate of drug-likeness (QED) is 0.0149. The molecule has 11 heteroatoms. The van der Waals surface area contributed by atoms with Gasteiger partial charge in [-0.2, -0.15) is 5.10 Å². The van der Waals surface area contributed by atoms with Gasteiger partial charge in [0, 0.05) is 29.9 Å². The van der Waals surface area contributed by atoms with Crippen LogP contribution in [0.3, 0.4) is 0 Å². The summed E-state index contributed by atoms with van der Waals surface area (Å²) < 4.78 is 40.1. The van der Waals surface area contributed by atoms with Crippen LogP contribution in [0.4, 0.5) is 0 Å². The second kappa shape index (κ2) is 25.2. The van der Waals surface area contributed by atoms with Gasteiger partial charge in [0.1, 0.15) is 23.0 Å². The van der Waals surface area contributed by atoms with E-state index >= 15 is 0 Å². The number of hydrogen-bond donors (Lipinski definition) is 0. The van der Waals surface area contributed by atoms with Crippen molar-refractivity contribution in [1.82, 2.24) is 0 Å². The lowest BCUT2D eigenvalue weighted by molar-refractivity contribution is -0.140. The molecule has 0 unspecified atom stereocenters. The average Bonchev–Trinajstić information content (AvgIpc) is 3.66. The van der Waals surface area contributed by atoms with Gasteiger partial charge in [-0.25, -0.2) is 4.79 Å². The fraction of sp³-hybridized carbons (Fsp3) is 0.444. The van der Waals surface area contributed by atoms with E-state index in [4.69, 9.17) is 43.4 Å². The normalized spacial score (nSPS) is 19.0. The first kappa shape index (κ1) is 47.3. The number of methoxy groups -OCH3 is 1. The number of nitrogens with zero attached hydrogens (tertiary/aromatic N) is 2. The molecular formula is C54H64N2O9. The lowest BCUT2D eigenvalue weighted by Gasteiger charge is -2.29. The van der Waals surface area contributed by atoms with Gasteiger partial charge in [0.05, 0.1) is 64.5 Å². The molecule has 0 N–H and O–H groups in total. The van der Waals surface area contributed by atoms with E-state index < -0.39 is 0 Å². The topological polar surface area (TPSA) is 123 Å². The van der Waals surface area contributed by atoms with Gasteiger partial charge in [0.2, 0.25) is 0 Å². The lowest BCUT2D eigenvalue weighted by Crippen LogP contribution is -2.27. The minimum absolute atomic E-state index is 0.149. The molecule has 3 aliphatic carbocycles. The number of hydrogen-bond acceptors (Lipinski definition) is 11. The van der Waals surface area contributed by atoms with Crippen molar-refractivity contribution in [1.29, 1.82) is 0 Å². The second-order valence-electron chi connectivity index (χ2n) is 17.1. The number of unbranched alkanes of at least 4 members (excludes halogenated alkanes) is 3. The molecule has 0 heterocycles. The van der Waals surface area contributed by atoms with Crippen LogP contribution in [0.5, 0.6) is 17.2 Å². The van der Waals surface area contributed by atoms with Gasteiger partial charge in [-0.1, -0.05) is 61.2 Å². The summed E-state index contributed by atoms with van der Waals surface area (Å²) in [6.45, 7) is 7.31. The van der Waals surface area contributed by atoms with E-state index in [0.29, 0.717) is 63.8 Å². The van der Waals surface area contributed by atoms with Crippen molar-refractivity contribution in [2.75, 3.05) is 53.4 Å². The Hall–Kier alpha value is -5.62. The minimum Gasteiger partial charge on any atom is -0.494 e. The summed E-state index contributed by atoms with van der Waals surface area (Å²) in [5.41, 5.74) is 7.57. The van der Waals surface area contributed by atoms with Gasteiger partial charge >= 0.3 is 11.9 Å². The third-order valence-electron chi connectivity index (χ3n) is 12.6. The van der Waals surface area contributed by atoms with Gasteiger partial charge in [0.15, 0.2) is 0 Å². The Bertz CT molecular complexity index is 2160. The molecule has 4 aromatic rings. The summed E-state index contributed by atoms with van der Waals surface area (Å²) in [6, 6.07) is 30.5. The predicted molar refractivity (Wildman–Crippen MR) is 253 cm³/mol. The van der Waals surface area contributed by atoms with Crippen molar-refractivity contribution in [3.8, 4) is 28.4 Å². The summed E-state index contributed by atoms with van der Waals surface area (Å²) in [5, 5.41) is 9.53. The smallest absolute Gasteiger partial charge is 0.330 e. The molecule has 65 heavy (non-hydrogen) atoms. The Labute approximate surface area is 384 Å². The molecule has 0 bridgehead atoms. The third-order valence-corrected chi connectivity index (χ3v) is 12.6. The van der Waals surface area contributed by atoms with E-state index in [0.717, 1.165) is 111 Å². The Kier molecular flexibility index (Phi) is 18.3. The van der Waals surface area contributed by atoms with Crippen LogP contribution in [0.25, 0.3) is 11.1 Å². The van der Waals surface area contributed by atoms with Gasteiger partial charge < -0.3 is 33.2 Å². The number of esters is 2.